The Morgan fingerprint density at radius 2 is 2.31 bits per heavy atom. The van der Waals surface area contributed by atoms with Gasteiger partial charge in [0.1, 0.15) is 6.54 Å². The summed E-state index contributed by atoms with van der Waals surface area (Å²) in [5.74, 6) is -0.692. The van der Waals surface area contributed by atoms with Crippen molar-refractivity contribution in [2.45, 2.75) is 20.4 Å². The van der Waals surface area contributed by atoms with Crippen LogP contribution in [0.15, 0.2) is 0 Å². The van der Waals surface area contributed by atoms with E-state index in [4.69, 9.17) is 11.6 Å². The number of nitrogens with zero attached hydrogens (tertiary/aromatic N) is 3. The number of nitrogens with one attached hydrogen (secondary N) is 1. The number of amides is 1. The fourth-order valence-electron chi connectivity index (χ4n) is 1.17. The Morgan fingerprint density at radius 3 is 2.75 bits per heavy atom. The van der Waals surface area contributed by atoms with Crippen molar-refractivity contribution in [3.63, 3.8) is 0 Å². The second kappa shape index (κ2) is 4.93. The second-order valence-corrected chi connectivity index (χ2v) is 3.47. The first-order valence-corrected chi connectivity index (χ1v) is 4.99. The van der Waals surface area contributed by atoms with Crippen molar-refractivity contribution in [2.75, 3.05) is 6.54 Å². The molecule has 0 aliphatic rings. The van der Waals surface area contributed by atoms with Crippen molar-refractivity contribution in [3.8, 4) is 0 Å². The lowest BCUT2D eigenvalue weighted by molar-refractivity contribution is -0.389. The van der Waals surface area contributed by atoms with E-state index >= 15 is 0 Å². The van der Waals surface area contributed by atoms with Crippen molar-refractivity contribution in [1.29, 1.82) is 0 Å². The third-order valence-electron chi connectivity index (χ3n) is 1.96. The van der Waals surface area contributed by atoms with Gasteiger partial charge in [-0.1, -0.05) is 11.6 Å². The molecule has 0 bridgehead atoms. The monoisotopic (exact) mass is 246 g/mol. The van der Waals surface area contributed by atoms with Gasteiger partial charge in [0, 0.05) is 6.54 Å². The van der Waals surface area contributed by atoms with Gasteiger partial charge in [-0.3, -0.25) is 4.79 Å². The molecule has 0 unspecified atom stereocenters. The highest BCUT2D eigenvalue weighted by Crippen LogP contribution is 2.26. The highest BCUT2D eigenvalue weighted by Gasteiger charge is 2.24. The Balaban J connectivity index is 2.94. The van der Waals surface area contributed by atoms with Crippen LogP contribution in [0.4, 0.5) is 5.82 Å². The minimum absolute atomic E-state index is 0.0331. The van der Waals surface area contributed by atoms with Crippen LogP contribution in [0.5, 0.6) is 0 Å². The zero-order valence-corrected chi connectivity index (χ0v) is 9.61. The van der Waals surface area contributed by atoms with Crippen LogP contribution < -0.4 is 5.32 Å². The van der Waals surface area contributed by atoms with E-state index in [-0.39, 0.29) is 17.5 Å². The molecule has 0 spiro atoms. The van der Waals surface area contributed by atoms with Crippen LogP contribution in [-0.4, -0.2) is 27.2 Å². The Bertz CT molecular complexity index is 429. The summed E-state index contributed by atoms with van der Waals surface area (Å²) in [6.45, 7) is 3.77. The molecule has 1 heterocycles. The van der Waals surface area contributed by atoms with E-state index in [0.717, 1.165) is 0 Å². The first kappa shape index (κ1) is 12.4. The van der Waals surface area contributed by atoms with Crippen LogP contribution in [-0.2, 0) is 11.3 Å². The number of rotatable bonds is 4. The van der Waals surface area contributed by atoms with Gasteiger partial charge in [-0.25, -0.2) is 0 Å². The Hall–Kier alpha value is -1.63. The largest absolute Gasteiger partial charge is 0.408 e. The summed E-state index contributed by atoms with van der Waals surface area (Å²) in [5.41, 5.74) is 0.402. The standard InChI is InChI=1S/C8H11ClN4O3/c1-3-10-6(14)4-12-5(2)7(9)8(11-12)13(15)16/h3-4H2,1-2H3,(H,10,14). The fraction of sp³-hybridized carbons (Fsp3) is 0.500. The zero-order chi connectivity index (χ0) is 12.3. The molecular formula is C8H11ClN4O3. The molecular weight excluding hydrogens is 236 g/mol. The van der Waals surface area contributed by atoms with Gasteiger partial charge in [-0.15, -0.1) is 0 Å². The molecule has 7 nitrogen and oxygen atoms in total. The summed E-state index contributed by atoms with van der Waals surface area (Å²) in [6, 6.07) is 0. The third kappa shape index (κ3) is 2.48. The molecule has 1 amide bonds. The SMILES string of the molecule is CCNC(=O)Cn1nc([N+](=O)[O-])c(Cl)c1C. The number of nitro groups is 1. The van der Waals surface area contributed by atoms with Crippen molar-refractivity contribution >= 4 is 23.3 Å². The molecule has 0 fully saturated rings. The van der Waals surface area contributed by atoms with Crippen LogP contribution in [0.2, 0.25) is 5.02 Å². The van der Waals surface area contributed by atoms with Gasteiger partial charge in [0.25, 0.3) is 0 Å². The van der Waals surface area contributed by atoms with Crippen molar-refractivity contribution < 1.29 is 9.72 Å². The molecule has 8 heteroatoms. The topological polar surface area (TPSA) is 90.1 Å². The van der Waals surface area contributed by atoms with Crippen molar-refractivity contribution in [1.82, 2.24) is 15.1 Å². The molecule has 0 aliphatic carbocycles. The minimum atomic E-state index is -0.677. The van der Waals surface area contributed by atoms with Gasteiger partial charge in [-0.2, -0.15) is 4.68 Å². The fourth-order valence-corrected chi connectivity index (χ4v) is 1.37. The number of halogens is 1. The maximum absolute atomic E-state index is 11.3. The molecule has 88 valence electrons. The summed E-state index contributed by atoms with van der Waals surface area (Å²) in [5, 5.41) is 16.7. The average Bonchev–Trinajstić information content (AvgIpc) is 2.46. The van der Waals surface area contributed by atoms with E-state index in [1.807, 2.05) is 0 Å². The van der Waals surface area contributed by atoms with Crippen LogP contribution in [0.3, 0.4) is 0 Å². The summed E-state index contributed by atoms with van der Waals surface area (Å²) >= 11 is 5.71. The maximum Gasteiger partial charge on any atom is 0.408 e. The molecule has 1 rings (SSSR count). The Kier molecular flexibility index (Phi) is 3.83. The molecule has 0 saturated heterocycles. The number of hydrogen-bond donors (Lipinski definition) is 1. The van der Waals surface area contributed by atoms with E-state index in [1.165, 1.54) is 4.68 Å². The predicted molar refractivity (Wildman–Crippen MR) is 57.3 cm³/mol. The van der Waals surface area contributed by atoms with Crippen LogP contribution in [0.1, 0.15) is 12.6 Å². The van der Waals surface area contributed by atoms with E-state index in [0.29, 0.717) is 12.2 Å². The van der Waals surface area contributed by atoms with Gasteiger partial charge < -0.3 is 15.4 Å². The molecule has 0 radical (unpaired) electrons. The lowest BCUT2D eigenvalue weighted by Crippen LogP contribution is -2.27. The molecule has 0 aromatic carbocycles. The number of carbonyl (C=O) groups is 1. The number of likely N-dealkylation sites (N-methyl/N-ethyl adjacent to an activating group) is 1. The predicted octanol–water partition coefficient (Wildman–Crippen LogP) is 0.889. The number of aromatic nitrogens is 2. The minimum Gasteiger partial charge on any atom is -0.358 e. The third-order valence-corrected chi connectivity index (χ3v) is 2.40. The van der Waals surface area contributed by atoms with Crippen molar-refractivity contribution in [2.24, 2.45) is 0 Å². The smallest absolute Gasteiger partial charge is 0.358 e. The maximum atomic E-state index is 11.3. The van der Waals surface area contributed by atoms with Gasteiger partial charge >= 0.3 is 5.82 Å². The van der Waals surface area contributed by atoms with E-state index in [9.17, 15) is 14.9 Å². The van der Waals surface area contributed by atoms with Gasteiger partial charge in [0.2, 0.25) is 5.91 Å². The first-order valence-electron chi connectivity index (χ1n) is 4.61. The van der Waals surface area contributed by atoms with Crippen molar-refractivity contribution in [3.05, 3.63) is 20.8 Å². The second-order valence-electron chi connectivity index (χ2n) is 3.09. The first-order chi connectivity index (χ1) is 7.47. The summed E-state index contributed by atoms with van der Waals surface area (Å²) in [7, 11) is 0. The quantitative estimate of drug-likeness (QED) is 0.631. The lowest BCUT2D eigenvalue weighted by atomic mass is 10.4. The van der Waals surface area contributed by atoms with Crippen LogP contribution in [0.25, 0.3) is 0 Å². The molecule has 1 aromatic heterocycles. The van der Waals surface area contributed by atoms with Gasteiger partial charge in [0.05, 0.1) is 10.8 Å². The Labute approximate surface area is 96.5 Å². The molecule has 0 atom stereocenters. The highest BCUT2D eigenvalue weighted by molar-refractivity contribution is 6.33. The molecule has 1 aromatic rings. The molecule has 1 N–H and O–H groups in total. The summed E-state index contributed by atoms with van der Waals surface area (Å²) < 4.78 is 1.21. The molecule has 16 heavy (non-hydrogen) atoms. The van der Waals surface area contributed by atoms with Crippen LogP contribution >= 0.6 is 11.6 Å². The summed E-state index contributed by atoms with van der Waals surface area (Å²) in [6.07, 6.45) is 0. The average molecular weight is 247 g/mol. The van der Waals surface area contributed by atoms with E-state index in [1.54, 1.807) is 13.8 Å². The van der Waals surface area contributed by atoms with E-state index in [2.05, 4.69) is 10.4 Å². The van der Waals surface area contributed by atoms with Crippen LogP contribution in [0, 0.1) is 17.0 Å². The highest BCUT2D eigenvalue weighted by atomic mass is 35.5. The molecule has 0 saturated carbocycles. The number of carbonyl (C=O) groups excluding carboxylic acids is 1. The number of hydrogen-bond acceptors (Lipinski definition) is 4. The van der Waals surface area contributed by atoms with Gasteiger partial charge in [0.15, 0.2) is 5.02 Å². The normalized spacial score (nSPS) is 10.2. The lowest BCUT2D eigenvalue weighted by Gasteiger charge is -2.00. The van der Waals surface area contributed by atoms with E-state index < -0.39 is 10.7 Å². The Morgan fingerprint density at radius 1 is 1.69 bits per heavy atom. The zero-order valence-electron chi connectivity index (χ0n) is 8.86. The van der Waals surface area contributed by atoms with Gasteiger partial charge in [-0.05, 0) is 18.8 Å². The molecule has 0 aliphatic heterocycles. The summed E-state index contributed by atoms with van der Waals surface area (Å²) in [4.78, 5) is 21.1.